The van der Waals surface area contributed by atoms with E-state index < -0.39 is 15.9 Å². The number of hydrogen-bond acceptors (Lipinski definition) is 6. The molecule has 2 unspecified atom stereocenters. The van der Waals surface area contributed by atoms with Gasteiger partial charge < -0.3 is 10.5 Å². The monoisotopic (exact) mass is 488 g/mol. The minimum Gasteiger partial charge on any atom is -0.376 e. The van der Waals surface area contributed by atoms with Crippen molar-refractivity contribution in [3.8, 4) is 0 Å². The summed E-state index contributed by atoms with van der Waals surface area (Å²) in [5, 5.41) is 8.95. The Balaban J connectivity index is 1.66. The van der Waals surface area contributed by atoms with Gasteiger partial charge in [-0.3, -0.25) is 4.57 Å². The van der Waals surface area contributed by atoms with Crippen LogP contribution in [0, 0.1) is 13.8 Å². The molecule has 7 nitrogen and oxygen atoms in total. The molecule has 0 amide bonds. The van der Waals surface area contributed by atoms with Crippen LogP contribution in [0.4, 0.5) is 0 Å². The second kappa shape index (κ2) is 9.93. The Morgan fingerprint density at radius 1 is 1.12 bits per heavy atom. The van der Waals surface area contributed by atoms with Crippen LogP contribution >= 0.6 is 11.6 Å². The Bertz CT molecular complexity index is 1200. The second-order valence-corrected chi connectivity index (χ2v) is 11.1. The van der Waals surface area contributed by atoms with Gasteiger partial charge in [0.15, 0.2) is 5.82 Å². The van der Waals surface area contributed by atoms with E-state index in [0.717, 1.165) is 35.1 Å². The molecule has 1 saturated heterocycles. The fourth-order valence-electron chi connectivity index (χ4n) is 4.37. The lowest BCUT2D eigenvalue weighted by Crippen LogP contribution is -2.25. The molecule has 2 heterocycles. The summed E-state index contributed by atoms with van der Waals surface area (Å²) >= 11 is 5.99. The third-order valence-corrected chi connectivity index (χ3v) is 7.60. The first-order chi connectivity index (χ1) is 15.7. The highest BCUT2D eigenvalue weighted by Gasteiger charge is 2.30. The van der Waals surface area contributed by atoms with Crippen LogP contribution in [0.1, 0.15) is 47.0 Å². The number of benzene rings is 2. The predicted octanol–water partition coefficient (Wildman–Crippen LogP) is 3.94. The van der Waals surface area contributed by atoms with Crippen LogP contribution in [0.2, 0.25) is 5.02 Å². The molecule has 33 heavy (non-hydrogen) atoms. The van der Waals surface area contributed by atoms with Gasteiger partial charge in [-0.2, -0.15) is 0 Å². The zero-order valence-electron chi connectivity index (χ0n) is 18.9. The molecular formula is C24H29ClN4O3S. The van der Waals surface area contributed by atoms with Crippen LogP contribution in [0.15, 0.2) is 47.6 Å². The van der Waals surface area contributed by atoms with Gasteiger partial charge in [-0.05, 0) is 56.4 Å². The summed E-state index contributed by atoms with van der Waals surface area (Å²) in [5.41, 5.74) is 10.2. The minimum atomic E-state index is -3.75. The van der Waals surface area contributed by atoms with Crippen LogP contribution in [0.25, 0.3) is 0 Å². The Morgan fingerprint density at radius 2 is 1.82 bits per heavy atom. The van der Waals surface area contributed by atoms with E-state index in [9.17, 15) is 8.42 Å². The van der Waals surface area contributed by atoms with Crippen molar-refractivity contribution in [1.82, 2.24) is 14.8 Å². The van der Waals surface area contributed by atoms with Gasteiger partial charge in [-0.15, -0.1) is 10.2 Å². The summed E-state index contributed by atoms with van der Waals surface area (Å²) < 4.78 is 34.3. The smallest absolute Gasteiger partial charge is 0.250 e. The molecule has 0 bridgehead atoms. The SMILES string of the molecule is Cc1cc(C)cc(CS(=O)(=O)c2nnc(C(N)Cc3ccc(Cl)cc3)n2CC2CCCO2)c1. The lowest BCUT2D eigenvalue weighted by atomic mass is 10.1. The maximum Gasteiger partial charge on any atom is 0.250 e. The van der Waals surface area contributed by atoms with Crippen molar-refractivity contribution in [2.24, 2.45) is 5.73 Å². The molecule has 1 aliphatic rings. The van der Waals surface area contributed by atoms with E-state index >= 15 is 0 Å². The van der Waals surface area contributed by atoms with Crippen molar-refractivity contribution >= 4 is 21.4 Å². The average molecular weight is 489 g/mol. The lowest BCUT2D eigenvalue weighted by molar-refractivity contribution is 0.0937. The molecule has 3 aromatic rings. The Kier molecular flexibility index (Phi) is 7.19. The van der Waals surface area contributed by atoms with Gasteiger partial charge in [-0.25, -0.2) is 8.42 Å². The molecular weight excluding hydrogens is 460 g/mol. The highest BCUT2D eigenvalue weighted by Crippen LogP contribution is 2.25. The molecule has 2 N–H and O–H groups in total. The van der Waals surface area contributed by atoms with Gasteiger partial charge in [0.25, 0.3) is 0 Å². The van der Waals surface area contributed by atoms with E-state index in [2.05, 4.69) is 10.2 Å². The molecule has 9 heteroatoms. The van der Waals surface area contributed by atoms with E-state index in [4.69, 9.17) is 22.1 Å². The first-order valence-corrected chi connectivity index (χ1v) is 13.1. The summed E-state index contributed by atoms with van der Waals surface area (Å²) in [7, 11) is -3.75. The third kappa shape index (κ3) is 5.81. The molecule has 0 aliphatic carbocycles. The molecule has 1 fully saturated rings. The molecule has 2 atom stereocenters. The molecule has 0 spiro atoms. The van der Waals surface area contributed by atoms with E-state index in [-0.39, 0.29) is 17.0 Å². The van der Waals surface area contributed by atoms with Gasteiger partial charge >= 0.3 is 0 Å². The Morgan fingerprint density at radius 3 is 2.45 bits per heavy atom. The van der Waals surface area contributed by atoms with Gasteiger partial charge in [0.2, 0.25) is 15.0 Å². The number of aromatic nitrogens is 3. The molecule has 1 aromatic heterocycles. The number of aryl methyl sites for hydroxylation is 2. The molecule has 2 aromatic carbocycles. The molecule has 1 aliphatic heterocycles. The summed E-state index contributed by atoms with van der Waals surface area (Å²) in [6, 6.07) is 12.7. The van der Waals surface area contributed by atoms with Gasteiger partial charge in [0, 0.05) is 11.6 Å². The van der Waals surface area contributed by atoms with Gasteiger partial charge in [0.1, 0.15) is 0 Å². The molecule has 176 valence electrons. The van der Waals surface area contributed by atoms with Crippen molar-refractivity contribution < 1.29 is 13.2 Å². The third-order valence-electron chi connectivity index (χ3n) is 5.77. The fourth-order valence-corrected chi connectivity index (χ4v) is 5.90. The maximum absolute atomic E-state index is 13.4. The number of nitrogens with zero attached hydrogens (tertiary/aromatic N) is 3. The standard InChI is InChI=1S/C24H29ClN4O3S/c1-16-10-17(2)12-19(11-16)15-33(30,31)24-28-27-23(29(24)14-21-4-3-9-32-21)22(26)13-18-5-7-20(25)8-6-18/h5-8,10-12,21-22H,3-4,9,13-15,26H2,1-2H3. The Hall–Kier alpha value is -2.26. The lowest BCUT2D eigenvalue weighted by Gasteiger charge is -2.18. The number of rotatable bonds is 8. The van der Waals surface area contributed by atoms with Crippen LogP contribution in [0.3, 0.4) is 0 Å². The summed E-state index contributed by atoms with van der Waals surface area (Å²) in [6.45, 7) is 4.94. The average Bonchev–Trinajstić information content (AvgIpc) is 3.39. The summed E-state index contributed by atoms with van der Waals surface area (Å²) in [6.07, 6.45) is 2.21. The number of hydrogen-bond donors (Lipinski definition) is 1. The summed E-state index contributed by atoms with van der Waals surface area (Å²) in [4.78, 5) is 0. The predicted molar refractivity (Wildman–Crippen MR) is 128 cm³/mol. The van der Waals surface area contributed by atoms with E-state index in [1.165, 1.54) is 0 Å². The first kappa shape index (κ1) is 23.9. The number of sulfone groups is 1. The quantitative estimate of drug-likeness (QED) is 0.515. The largest absolute Gasteiger partial charge is 0.376 e. The van der Waals surface area contributed by atoms with Crippen LogP contribution < -0.4 is 5.73 Å². The van der Waals surface area contributed by atoms with Crippen molar-refractivity contribution in [1.29, 1.82) is 0 Å². The highest BCUT2D eigenvalue weighted by molar-refractivity contribution is 7.90. The van der Waals surface area contributed by atoms with Gasteiger partial charge in [-0.1, -0.05) is 53.1 Å². The first-order valence-electron chi connectivity index (χ1n) is 11.1. The highest BCUT2D eigenvalue weighted by atomic mass is 35.5. The fraction of sp³-hybridized carbons (Fsp3) is 0.417. The molecule has 4 rings (SSSR count). The van der Waals surface area contributed by atoms with Crippen molar-refractivity contribution in [2.75, 3.05) is 6.61 Å². The second-order valence-electron chi connectivity index (χ2n) is 8.78. The van der Waals surface area contributed by atoms with Crippen molar-refractivity contribution in [3.63, 3.8) is 0 Å². The number of nitrogens with two attached hydrogens (primary N) is 1. The maximum atomic E-state index is 13.4. The van der Waals surface area contributed by atoms with Crippen molar-refractivity contribution in [2.45, 2.75) is 62.7 Å². The van der Waals surface area contributed by atoms with E-state index in [1.54, 1.807) is 16.7 Å². The zero-order valence-corrected chi connectivity index (χ0v) is 20.4. The number of halogens is 1. The van der Waals surface area contributed by atoms with Gasteiger partial charge in [0.05, 0.1) is 24.4 Å². The van der Waals surface area contributed by atoms with Crippen LogP contribution in [-0.2, 0) is 33.3 Å². The van der Waals surface area contributed by atoms with Crippen molar-refractivity contribution in [3.05, 3.63) is 75.6 Å². The summed E-state index contributed by atoms with van der Waals surface area (Å²) in [5.74, 6) is 0.297. The topological polar surface area (TPSA) is 100 Å². The van der Waals surface area contributed by atoms with E-state index in [1.807, 2.05) is 44.2 Å². The van der Waals surface area contributed by atoms with Crippen LogP contribution in [0.5, 0.6) is 0 Å². The van der Waals surface area contributed by atoms with Crippen LogP contribution in [-0.4, -0.2) is 35.9 Å². The molecule has 0 saturated carbocycles. The van der Waals surface area contributed by atoms with E-state index in [0.29, 0.717) is 30.4 Å². The normalized spacial score (nSPS) is 17.4. The zero-order chi connectivity index (χ0) is 23.6. The Labute approximate surface area is 199 Å². The molecule has 0 radical (unpaired) electrons. The number of ether oxygens (including phenoxy) is 1. The minimum absolute atomic E-state index is 0.0567.